The van der Waals surface area contributed by atoms with E-state index in [0.717, 1.165) is 75.5 Å². The van der Waals surface area contributed by atoms with Crippen molar-refractivity contribution in [3.05, 3.63) is 100 Å². The quantitative estimate of drug-likeness (QED) is 0.0815. The molecule has 1 atom stereocenters. The zero-order valence-corrected chi connectivity index (χ0v) is 36.5. The van der Waals surface area contributed by atoms with Gasteiger partial charge >= 0.3 is 0 Å². The average Bonchev–Trinajstić information content (AvgIpc) is 3.81. The molecule has 7 heterocycles. The second kappa shape index (κ2) is 18.2. The number of fused-ring (bicyclic) bond motifs is 2. The third-order valence-corrected chi connectivity index (χ3v) is 13.2. The predicted octanol–water partition coefficient (Wildman–Crippen LogP) is 6.12. The second-order valence-corrected chi connectivity index (χ2v) is 17.6. The summed E-state index contributed by atoms with van der Waals surface area (Å²) in [5.74, 6) is -0.356. The van der Waals surface area contributed by atoms with E-state index in [9.17, 15) is 19.2 Å². The molecule has 15 nitrogen and oxygen atoms in total. The number of ether oxygens (including phenoxy) is 2. The zero-order valence-electron chi connectivity index (χ0n) is 35.7. The van der Waals surface area contributed by atoms with Crippen LogP contribution in [0.25, 0.3) is 16.8 Å². The first-order valence-corrected chi connectivity index (χ1v) is 22.3. The fourth-order valence-electron chi connectivity index (χ4n) is 9.50. The number of nitrogens with two attached hydrogens (primary N) is 1. The molecule has 0 radical (unpaired) electrons. The van der Waals surface area contributed by atoms with Gasteiger partial charge in [-0.2, -0.15) is 0 Å². The number of rotatable bonds is 15. The van der Waals surface area contributed by atoms with E-state index in [4.69, 9.17) is 31.8 Å². The zero-order chi connectivity index (χ0) is 44.5. The Labute approximate surface area is 375 Å². The van der Waals surface area contributed by atoms with E-state index in [-0.39, 0.29) is 40.6 Å². The molecule has 334 valence electrons. The maximum atomic E-state index is 16.0. The molecule has 3 saturated heterocycles. The van der Waals surface area contributed by atoms with E-state index < -0.39 is 23.7 Å². The Bertz CT molecular complexity index is 2620. The summed E-state index contributed by atoms with van der Waals surface area (Å²) in [7, 11) is 0. The molecule has 1 unspecified atom stereocenters. The summed E-state index contributed by atoms with van der Waals surface area (Å²) in [6.07, 6.45) is 8.43. The van der Waals surface area contributed by atoms with Gasteiger partial charge in [0.1, 0.15) is 29.1 Å². The van der Waals surface area contributed by atoms with E-state index in [2.05, 4.69) is 25.4 Å². The lowest BCUT2D eigenvalue weighted by Crippen LogP contribution is -2.60. The van der Waals surface area contributed by atoms with Gasteiger partial charge in [-0.25, -0.2) is 14.4 Å². The van der Waals surface area contributed by atoms with Crippen molar-refractivity contribution in [2.45, 2.75) is 64.5 Å². The number of nitrogens with zero attached hydrogens (tertiary/aromatic N) is 6. The summed E-state index contributed by atoms with van der Waals surface area (Å²) < 4.78 is 29.8. The molecule has 1 spiro atoms. The maximum Gasteiger partial charge on any atom is 0.256 e. The molecule has 3 fully saturated rings. The average molecular weight is 892 g/mol. The molecule has 4 aliphatic rings. The Balaban J connectivity index is 0.723. The smallest absolute Gasteiger partial charge is 0.256 e. The number of nitrogens with one attached hydrogen (secondary N) is 2. The molecule has 0 bridgehead atoms. The van der Waals surface area contributed by atoms with Crippen LogP contribution in [0, 0.1) is 11.2 Å². The normalized spacial score (nSPS) is 18.4. The summed E-state index contributed by atoms with van der Waals surface area (Å²) >= 11 is 6.04. The number of amides is 4. The number of pyridine rings is 2. The highest BCUT2D eigenvalue weighted by Crippen LogP contribution is 2.43. The monoisotopic (exact) mass is 891 g/mol. The van der Waals surface area contributed by atoms with Crippen LogP contribution in [0.4, 0.5) is 21.8 Å². The van der Waals surface area contributed by atoms with Gasteiger partial charge in [-0.1, -0.05) is 18.5 Å². The predicted molar refractivity (Wildman–Crippen MR) is 240 cm³/mol. The lowest BCUT2D eigenvalue weighted by atomic mass is 9.72. The van der Waals surface area contributed by atoms with Gasteiger partial charge in [0.15, 0.2) is 0 Å². The number of aromatic nitrogens is 3. The van der Waals surface area contributed by atoms with E-state index in [1.54, 1.807) is 30.3 Å². The Kier molecular flexibility index (Phi) is 12.3. The van der Waals surface area contributed by atoms with Crippen molar-refractivity contribution in [2.24, 2.45) is 5.41 Å². The molecule has 4 amide bonds. The first-order valence-electron chi connectivity index (χ1n) is 22.0. The first-order chi connectivity index (χ1) is 31.0. The van der Waals surface area contributed by atoms with Gasteiger partial charge in [0, 0.05) is 99.4 Å². The molecule has 9 rings (SSSR count). The van der Waals surface area contributed by atoms with Gasteiger partial charge in [-0.3, -0.25) is 28.9 Å². The SMILES string of the molecule is CCc1ccn2c(N3CCC4(CC3)CN(CCCOCCCOc3ccc5c(c3)CN(C3CCC(=O)NC3=O)C5=O)C4)nc(-c3ccc(C(=O)Nc4cc(Cl)ccn4)cc3F)c2c1N. The number of piperidine rings is 2. The topological polar surface area (TPSA) is 177 Å². The number of imidazole rings is 1. The number of likely N-dealkylation sites (tertiary alicyclic amines) is 1. The number of nitrogen functional groups attached to an aromatic ring is 1. The van der Waals surface area contributed by atoms with Crippen LogP contribution in [-0.2, 0) is 27.3 Å². The van der Waals surface area contributed by atoms with Crippen LogP contribution in [-0.4, -0.2) is 106 Å². The molecule has 17 heteroatoms. The highest BCUT2D eigenvalue weighted by atomic mass is 35.5. The number of carbonyl (C=O) groups is 4. The molecule has 3 aromatic heterocycles. The summed E-state index contributed by atoms with van der Waals surface area (Å²) in [5.41, 5.74) is 11.4. The Morgan fingerprint density at radius 1 is 1.02 bits per heavy atom. The van der Waals surface area contributed by atoms with E-state index >= 15 is 4.39 Å². The van der Waals surface area contributed by atoms with Crippen LogP contribution in [0.2, 0.25) is 5.02 Å². The summed E-state index contributed by atoms with van der Waals surface area (Å²) in [5, 5.41) is 5.42. The van der Waals surface area contributed by atoms with Crippen molar-refractivity contribution in [3.63, 3.8) is 0 Å². The number of anilines is 3. The molecule has 0 aliphatic carbocycles. The minimum Gasteiger partial charge on any atom is -0.493 e. The number of halogens is 2. The van der Waals surface area contributed by atoms with E-state index in [0.29, 0.717) is 72.4 Å². The van der Waals surface area contributed by atoms with Crippen LogP contribution >= 0.6 is 11.6 Å². The van der Waals surface area contributed by atoms with Gasteiger partial charge in [0.25, 0.3) is 11.8 Å². The molecule has 4 N–H and O–H groups in total. The van der Waals surface area contributed by atoms with E-state index in [1.165, 1.54) is 23.2 Å². The maximum absolute atomic E-state index is 16.0. The van der Waals surface area contributed by atoms with Crippen LogP contribution in [0.15, 0.2) is 67.0 Å². The summed E-state index contributed by atoms with van der Waals surface area (Å²) in [6, 6.07) is 14.2. The van der Waals surface area contributed by atoms with Crippen molar-refractivity contribution in [1.29, 1.82) is 0 Å². The largest absolute Gasteiger partial charge is 0.493 e. The highest BCUT2D eigenvalue weighted by Gasteiger charge is 2.45. The Morgan fingerprint density at radius 2 is 1.81 bits per heavy atom. The van der Waals surface area contributed by atoms with Crippen LogP contribution in [0.1, 0.15) is 77.3 Å². The number of carbonyl (C=O) groups excluding carboxylic acids is 4. The fraction of sp³-hybridized carbons (Fsp3) is 0.404. The standard InChI is InChI=1S/C47H51ClFN9O6/c1-2-29-12-17-57-42(40(29)50)41(35-7-5-30(24-36(35)49)43(60)52-38-25-32(48)11-15-51-38)54-46(57)56-18-13-47(14-19-56)27-55(28-47)16-3-20-63-21-4-22-64-33-6-8-34-31(23-33)26-58(45(34)62)37-9-10-39(59)53-44(37)61/h5-8,11-12,15,17,23-25,37H,2-4,9-10,13-14,16,18-22,26-28,50H2,1H3,(H,51,52,60)(H,53,59,61). The molecule has 64 heavy (non-hydrogen) atoms. The first kappa shape index (κ1) is 43.2. The van der Waals surface area contributed by atoms with Gasteiger partial charge in [0.05, 0.1) is 17.8 Å². The van der Waals surface area contributed by atoms with Crippen molar-refractivity contribution in [3.8, 4) is 17.0 Å². The van der Waals surface area contributed by atoms with Crippen LogP contribution in [0.3, 0.4) is 0 Å². The van der Waals surface area contributed by atoms with Gasteiger partial charge < -0.3 is 35.2 Å². The van der Waals surface area contributed by atoms with Crippen molar-refractivity contribution >= 4 is 58.2 Å². The van der Waals surface area contributed by atoms with Crippen LogP contribution < -0.4 is 26.0 Å². The minimum atomic E-state index is -0.641. The molecule has 0 saturated carbocycles. The molecule has 2 aromatic carbocycles. The fourth-order valence-corrected chi connectivity index (χ4v) is 9.66. The van der Waals surface area contributed by atoms with Gasteiger partial charge in [-0.05, 0) is 103 Å². The van der Waals surface area contributed by atoms with Crippen LogP contribution in [0.5, 0.6) is 5.75 Å². The number of hydrogen-bond acceptors (Lipinski definition) is 11. The number of hydrogen-bond donors (Lipinski definition) is 3. The molecular formula is C47H51ClFN9O6. The van der Waals surface area contributed by atoms with Crippen molar-refractivity contribution < 1.29 is 33.0 Å². The second-order valence-electron chi connectivity index (χ2n) is 17.2. The molecule has 4 aliphatic heterocycles. The number of aryl methyl sites for hydroxylation is 1. The van der Waals surface area contributed by atoms with E-state index in [1.807, 2.05) is 29.7 Å². The lowest BCUT2D eigenvalue weighted by molar-refractivity contribution is -0.136. The van der Waals surface area contributed by atoms with Gasteiger partial charge in [-0.15, -0.1) is 0 Å². The third kappa shape index (κ3) is 8.73. The summed E-state index contributed by atoms with van der Waals surface area (Å²) in [6.45, 7) is 8.78. The van der Waals surface area contributed by atoms with Crippen molar-refractivity contribution in [2.75, 3.05) is 68.5 Å². The third-order valence-electron chi connectivity index (χ3n) is 12.9. The number of benzene rings is 2. The highest BCUT2D eigenvalue weighted by molar-refractivity contribution is 6.30. The Hall–Kier alpha value is -6.10. The summed E-state index contributed by atoms with van der Waals surface area (Å²) in [4.78, 5) is 65.3. The minimum absolute atomic E-state index is 0.136. The lowest BCUT2D eigenvalue weighted by Gasteiger charge is -2.54. The number of imide groups is 1. The van der Waals surface area contributed by atoms with Gasteiger partial charge in [0.2, 0.25) is 17.8 Å². The molecule has 5 aromatic rings. The van der Waals surface area contributed by atoms with Crippen molar-refractivity contribution in [1.82, 2.24) is 29.5 Å². The Morgan fingerprint density at radius 3 is 2.58 bits per heavy atom. The molecular weight excluding hydrogens is 841 g/mol.